The van der Waals surface area contributed by atoms with Gasteiger partial charge in [-0.3, -0.25) is 0 Å². The number of hydrogen-bond donors (Lipinski definition) is 1. The van der Waals surface area contributed by atoms with E-state index in [-0.39, 0.29) is 0 Å². The minimum absolute atomic E-state index is 0.293. The summed E-state index contributed by atoms with van der Waals surface area (Å²) in [6.07, 6.45) is 0. The molecular formula is C19H26N2O5S. The van der Waals surface area contributed by atoms with E-state index in [2.05, 4.69) is 5.32 Å². The third kappa shape index (κ3) is 4.52. The summed E-state index contributed by atoms with van der Waals surface area (Å²) in [6, 6.07) is 10.6. The first-order valence-corrected chi connectivity index (χ1v) is 9.79. The van der Waals surface area contributed by atoms with E-state index < -0.39 is 10.0 Å². The SMILES string of the molecule is COc1ccc(CNCc2ccccc2S(=O)(=O)N(C)C)c(OC)c1OC. The Bertz CT molecular complexity index is 882. The lowest BCUT2D eigenvalue weighted by Crippen LogP contribution is -2.24. The third-order valence-electron chi connectivity index (χ3n) is 4.15. The van der Waals surface area contributed by atoms with Crippen LogP contribution in [0.1, 0.15) is 11.1 Å². The Morgan fingerprint density at radius 2 is 1.48 bits per heavy atom. The first-order valence-electron chi connectivity index (χ1n) is 8.35. The number of benzene rings is 2. The van der Waals surface area contributed by atoms with E-state index in [1.54, 1.807) is 39.5 Å². The molecule has 148 valence electrons. The van der Waals surface area contributed by atoms with Crippen LogP contribution in [0.15, 0.2) is 41.3 Å². The molecule has 2 aromatic carbocycles. The summed E-state index contributed by atoms with van der Waals surface area (Å²) in [5, 5.41) is 3.27. The monoisotopic (exact) mass is 394 g/mol. The van der Waals surface area contributed by atoms with Gasteiger partial charge in [-0.15, -0.1) is 0 Å². The van der Waals surface area contributed by atoms with Crippen LogP contribution in [0.5, 0.6) is 17.2 Å². The van der Waals surface area contributed by atoms with Crippen molar-refractivity contribution in [2.45, 2.75) is 18.0 Å². The fraction of sp³-hybridized carbons (Fsp3) is 0.368. The molecule has 0 atom stereocenters. The van der Waals surface area contributed by atoms with Crippen molar-refractivity contribution in [3.63, 3.8) is 0 Å². The molecule has 0 aliphatic carbocycles. The maximum Gasteiger partial charge on any atom is 0.242 e. The van der Waals surface area contributed by atoms with Crippen molar-refractivity contribution in [3.05, 3.63) is 47.5 Å². The summed E-state index contributed by atoms with van der Waals surface area (Å²) in [5.41, 5.74) is 1.58. The van der Waals surface area contributed by atoms with E-state index in [1.807, 2.05) is 18.2 Å². The van der Waals surface area contributed by atoms with Crippen molar-refractivity contribution >= 4 is 10.0 Å². The molecule has 27 heavy (non-hydrogen) atoms. The second-order valence-corrected chi connectivity index (χ2v) is 8.11. The molecule has 0 heterocycles. The molecule has 0 spiro atoms. The number of ether oxygens (including phenoxy) is 3. The molecule has 0 aliphatic rings. The van der Waals surface area contributed by atoms with Gasteiger partial charge < -0.3 is 19.5 Å². The molecular weight excluding hydrogens is 368 g/mol. The predicted octanol–water partition coefficient (Wildman–Crippen LogP) is 2.25. The zero-order valence-electron chi connectivity index (χ0n) is 16.3. The molecule has 2 rings (SSSR count). The van der Waals surface area contributed by atoms with Crippen molar-refractivity contribution in [1.29, 1.82) is 0 Å². The quantitative estimate of drug-likeness (QED) is 0.703. The lowest BCUT2D eigenvalue weighted by molar-refractivity contribution is 0.321. The van der Waals surface area contributed by atoms with Crippen LogP contribution in [-0.2, 0) is 23.1 Å². The molecule has 0 aliphatic heterocycles. The topological polar surface area (TPSA) is 77.1 Å². The average Bonchev–Trinajstić information content (AvgIpc) is 2.67. The highest BCUT2D eigenvalue weighted by atomic mass is 32.2. The maximum absolute atomic E-state index is 12.5. The Hall–Kier alpha value is -2.29. The summed E-state index contributed by atoms with van der Waals surface area (Å²) in [6.45, 7) is 0.862. The standard InChI is InChI=1S/C19H26N2O5S/c1-21(2)27(22,23)17-9-7-6-8-14(17)12-20-13-15-10-11-16(24-3)19(26-5)18(15)25-4/h6-11,20H,12-13H2,1-5H3. The normalized spacial score (nSPS) is 11.5. The van der Waals surface area contributed by atoms with Crippen LogP contribution in [0.2, 0.25) is 0 Å². The number of sulfonamides is 1. The zero-order valence-corrected chi connectivity index (χ0v) is 17.1. The molecule has 7 nitrogen and oxygen atoms in total. The van der Waals surface area contributed by atoms with E-state index in [0.717, 1.165) is 5.56 Å². The van der Waals surface area contributed by atoms with Gasteiger partial charge in [0.05, 0.1) is 26.2 Å². The minimum Gasteiger partial charge on any atom is -0.493 e. The van der Waals surface area contributed by atoms with Crippen LogP contribution in [0, 0.1) is 0 Å². The highest BCUT2D eigenvalue weighted by molar-refractivity contribution is 7.89. The zero-order chi connectivity index (χ0) is 20.0. The molecule has 0 radical (unpaired) electrons. The Labute approximate surface area is 160 Å². The lowest BCUT2D eigenvalue weighted by Gasteiger charge is -2.17. The number of nitrogens with zero attached hydrogens (tertiary/aromatic N) is 1. The van der Waals surface area contributed by atoms with Crippen LogP contribution in [0.4, 0.5) is 0 Å². The highest BCUT2D eigenvalue weighted by Gasteiger charge is 2.21. The second kappa shape index (κ2) is 9.07. The summed E-state index contributed by atoms with van der Waals surface area (Å²) >= 11 is 0. The fourth-order valence-electron chi connectivity index (χ4n) is 2.73. The maximum atomic E-state index is 12.5. The summed E-state index contributed by atoms with van der Waals surface area (Å²) in [7, 11) is 4.23. The second-order valence-electron chi connectivity index (χ2n) is 5.99. The van der Waals surface area contributed by atoms with E-state index >= 15 is 0 Å². The van der Waals surface area contributed by atoms with Crippen LogP contribution in [0.3, 0.4) is 0 Å². The highest BCUT2D eigenvalue weighted by Crippen LogP contribution is 2.39. The molecule has 0 amide bonds. The molecule has 1 N–H and O–H groups in total. The molecule has 0 aromatic heterocycles. The minimum atomic E-state index is -3.50. The van der Waals surface area contributed by atoms with Crippen molar-refractivity contribution < 1.29 is 22.6 Å². The van der Waals surface area contributed by atoms with Gasteiger partial charge in [-0.05, 0) is 17.7 Å². The smallest absolute Gasteiger partial charge is 0.242 e. The fourth-order valence-corrected chi connectivity index (χ4v) is 3.85. The number of nitrogens with one attached hydrogen (secondary N) is 1. The van der Waals surface area contributed by atoms with Crippen LogP contribution in [0.25, 0.3) is 0 Å². The van der Waals surface area contributed by atoms with Crippen LogP contribution < -0.4 is 19.5 Å². The Morgan fingerprint density at radius 1 is 0.852 bits per heavy atom. The van der Waals surface area contributed by atoms with E-state index in [1.165, 1.54) is 18.4 Å². The average molecular weight is 394 g/mol. The first-order chi connectivity index (χ1) is 12.9. The molecule has 0 saturated carbocycles. The van der Waals surface area contributed by atoms with Gasteiger partial charge in [0.1, 0.15) is 0 Å². The van der Waals surface area contributed by atoms with Gasteiger partial charge >= 0.3 is 0 Å². The summed E-state index contributed by atoms with van der Waals surface area (Å²) in [4.78, 5) is 0.293. The lowest BCUT2D eigenvalue weighted by atomic mass is 10.1. The molecule has 0 fully saturated rings. The Morgan fingerprint density at radius 3 is 2.07 bits per heavy atom. The number of hydrogen-bond acceptors (Lipinski definition) is 6. The van der Waals surface area contributed by atoms with Crippen LogP contribution >= 0.6 is 0 Å². The number of rotatable bonds is 9. The first kappa shape index (κ1) is 21.0. The third-order valence-corrected chi connectivity index (χ3v) is 6.06. The largest absolute Gasteiger partial charge is 0.493 e. The molecule has 2 aromatic rings. The van der Waals surface area contributed by atoms with Crippen LogP contribution in [-0.4, -0.2) is 48.1 Å². The van der Waals surface area contributed by atoms with Crippen molar-refractivity contribution in [3.8, 4) is 17.2 Å². The van der Waals surface area contributed by atoms with Crippen molar-refractivity contribution in [2.75, 3.05) is 35.4 Å². The van der Waals surface area contributed by atoms with Gasteiger partial charge in [0, 0.05) is 32.7 Å². The van der Waals surface area contributed by atoms with Gasteiger partial charge in [0.25, 0.3) is 0 Å². The Kier molecular flexibility index (Phi) is 7.06. The molecule has 0 bridgehead atoms. The summed E-state index contributed by atoms with van der Waals surface area (Å²) in [5.74, 6) is 1.69. The van der Waals surface area contributed by atoms with E-state index in [4.69, 9.17) is 14.2 Å². The van der Waals surface area contributed by atoms with Gasteiger partial charge in [-0.25, -0.2) is 12.7 Å². The molecule has 0 saturated heterocycles. The Balaban J connectivity index is 2.21. The van der Waals surface area contributed by atoms with Gasteiger partial charge in [0.2, 0.25) is 15.8 Å². The van der Waals surface area contributed by atoms with Gasteiger partial charge in [-0.2, -0.15) is 0 Å². The predicted molar refractivity (Wildman–Crippen MR) is 104 cm³/mol. The van der Waals surface area contributed by atoms with Crippen molar-refractivity contribution in [2.24, 2.45) is 0 Å². The van der Waals surface area contributed by atoms with E-state index in [0.29, 0.717) is 40.8 Å². The summed E-state index contributed by atoms with van der Waals surface area (Å²) < 4.78 is 42.3. The van der Waals surface area contributed by atoms with Gasteiger partial charge in [0.15, 0.2) is 11.5 Å². The van der Waals surface area contributed by atoms with E-state index in [9.17, 15) is 8.42 Å². The molecule has 0 unspecified atom stereocenters. The van der Waals surface area contributed by atoms with Gasteiger partial charge in [-0.1, -0.05) is 24.3 Å². The number of methoxy groups -OCH3 is 3. The van der Waals surface area contributed by atoms with Crippen molar-refractivity contribution in [1.82, 2.24) is 9.62 Å². The molecule has 8 heteroatoms.